The number of ether oxygens (including phenoxy) is 1. The molecule has 0 aliphatic rings. The molecule has 0 radical (unpaired) electrons. The fourth-order valence-electron chi connectivity index (χ4n) is 0. The quantitative estimate of drug-likeness (QED) is 0.566. The summed E-state index contributed by atoms with van der Waals surface area (Å²) < 4.78 is 4.25. The SMILES string of the molecule is CC(=O)[O-].CC(O)CO.COC.[Ag+]. The molecule has 6 heteroatoms. The standard InChI is InChI=1S/C3H8O2.C2H4O2.C2H6O.Ag/c1-3(5)2-4;1-2(3)4;1-3-2;/h3-5H,2H2,1H3;1H3,(H,3,4);1-2H3;/q;;;+1/p-1. The molecule has 5 nitrogen and oxygen atoms in total. The van der Waals surface area contributed by atoms with Gasteiger partial charge in [-0.3, -0.25) is 0 Å². The number of aliphatic carboxylic acids is 1. The molecule has 86 valence electrons. The molecule has 0 aromatic heterocycles. The second-order valence-electron chi connectivity index (χ2n) is 1.93. The van der Waals surface area contributed by atoms with Crippen LogP contribution in [0, 0.1) is 0 Å². The Morgan fingerprint density at radius 1 is 1.54 bits per heavy atom. The van der Waals surface area contributed by atoms with Gasteiger partial charge in [0.2, 0.25) is 0 Å². The molecule has 1 atom stereocenters. The number of aliphatic hydroxyl groups is 2. The number of hydrogen-bond donors (Lipinski definition) is 2. The first-order valence-corrected chi connectivity index (χ1v) is 3.28. The minimum Gasteiger partial charge on any atom is -0.550 e. The van der Waals surface area contributed by atoms with E-state index in [9.17, 15) is 0 Å². The van der Waals surface area contributed by atoms with Gasteiger partial charge < -0.3 is 24.9 Å². The van der Waals surface area contributed by atoms with E-state index in [4.69, 9.17) is 20.1 Å². The molecule has 2 N–H and O–H groups in total. The summed E-state index contributed by atoms with van der Waals surface area (Å²) in [5, 5.41) is 24.9. The topological polar surface area (TPSA) is 89.8 Å². The van der Waals surface area contributed by atoms with Gasteiger partial charge in [0, 0.05) is 20.2 Å². The van der Waals surface area contributed by atoms with Crippen LogP contribution in [0.5, 0.6) is 0 Å². The van der Waals surface area contributed by atoms with Gasteiger partial charge in [-0.1, -0.05) is 0 Å². The molecule has 0 aromatic rings. The Morgan fingerprint density at radius 2 is 1.62 bits per heavy atom. The van der Waals surface area contributed by atoms with Crippen molar-refractivity contribution in [3.8, 4) is 0 Å². The predicted molar refractivity (Wildman–Crippen MR) is 42.4 cm³/mol. The van der Waals surface area contributed by atoms with E-state index in [0.29, 0.717) is 0 Å². The first-order valence-electron chi connectivity index (χ1n) is 3.28. The Kier molecular flexibility index (Phi) is 40.5. The van der Waals surface area contributed by atoms with Crippen LogP contribution < -0.4 is 5.11 Å². The number of aliphatic hydroxyl groups excluding tert-OH is 2. The number of carboxylic acid groups (broad SMARTS) is 1. The summed E-state index contributed by atoms with van der Waals surface area (Å²) in [5.41, 5.74) is 0. The summed E-state index contributed by atoms with van der Waals surface area (Å²) in [5.74, 6) is -1.08. The summed E-state index contributed by atoms with van der Waals surface area (Å²) in [6, 6.07) is 0. The second kappa shape index (κ2) is 22.7. The third-order valence-electron chi connectivity index (χ3n) is 0.264. The van der Waals surface area contributed by atoms with Gasteiger partial charge in [-0.25, -0.2) is 0 Å². The van der Waals surface area contributed by atoms with Gasteiger partial charge in [0.1, 0.15) is 0 Å². The molecule has 1 unspecified atom stereocenters. The van der Waals surface area contributed by atoms with Crippen LogP contribution in [0.4, 0.5) is 0 Å². The number of carbonyl (C=O) groups is 1. The zero-order valence-electron chi connectivity index (χ0n) is 8.21. The van der Waals surface area contributed by atoms with Crippen molar-refractivity contribution in [3.63, 3.8) is 0 Å². The van der Waals surface area contributed by atoms with Gasteiger partial charge in [0.05, 0.1) is 12.7 Å². The third-order valence-corrected chi connectivity index (χ3v) is 0.264. The number of hydrogen-bond acceptors (Lipinski definition) is 5. The van der Waals surface area contributed by atoms with Gasteiger partial charge in [0.25, 0.3) is 0 Å². The Morgan fingerprint density at radius 3 is 1.62 bits per heavy atom. The van der Waals surface area contributed by atoms with Crippen LogP contribution in [0.25, 0.3) is 0 Å². The van der Waals surface area contributed by atoms with Crippen molar-refractivity contribution in [3.05, 3.63) is 0 Å². The summed E-state index contributed by atoms with van der Waals surface area (Å²) in [6.45, 7) is 2.36. The smallest absolute Gasteiger partial charge is 0.550 e. The molecule has 0 rings (SSSR count). The number of rotatable bonds is 1. The monoisotopic (exact) mass is 288 g/mol. The molecule has 0 aromatic carbocycles. The predicted octanol–water partition coefficient (Wildman–Crippen LogP) is -1.62. The van der Waals surface area contributed by atoms with E-state index in [1.807, 2.05) is 0 Å². The molecule has 0 aliphatic carbocycles. The third kappa shape index (κ3) is 282. The average molecular weight is 289 g/mol. The summed E-state index contributed by atoms with van der Waals surface area (Å²) in [7, 11) is 3.25. The van der Waals surface area contributed by atoms with E-state index in [1.165, 1.54) is 6.92 Å². The average Bonchev–Trinajstić information content (AvgIpc) is 1.88. The molecule has 13 heavy (non-hydrogen) atoms. The maximum absolute atomic E-state index is 8.89. The fourth-order valence-corrected chi connectivity index (χ4v) is 0. The van der Waals surface area contributed by atoms with Gasteiger partial charge in [-0.05, 0) is 13.8 Å². The molecule has 0 bridgehead atoms. The number of carboxylic acids is 1. The van der Waals surface area contributed by atoms with Crippen LogP contribution >= 0.6 is 0 Å². The van der Waals surface area contributed by atoms with Crippen molar-refractivity contribution in [1.82, 2.24) is 0 Å². The van der Waals surface area contributed by atoms with Crippen LogP contribution in [0.15, 0.2) is 0 Å². The fraction of sp³-hybridized carbons (Fsp3) is 0.857. The van der Waals surface area contributed by atoms with Gasteiger partial charge in [-0.15, -0.1) is 0 Å². The van der Waals surface area contributed by atoms with Crippen molar-refractivity contribution >= 4 is 5.97 Å². The van der Waals surface area contributed by atoms with Crippen molar-refractivity contribution in [2.45, 2.75) is 20.0 Å². The largest absolute Gasteiger partial charge is 1.00 e. The van der Waals surface area contributed by atoms with Crippen molar-refractivity contribution in [1.29, 1.82) is 0 Å². The molecule has 0 heterocycles. The zero-order chi connectivity index (χ0) is 10.6. The Balaban J connectivity index is -0.0000000465. The zero-order valence-corrected chi connectivity index (χ0v) is 9.69. The van der Waals surface area contributed by atoms with E-state index in [-0.39, 0.29) is 29.0 Å². The molecule has 0 aliphatic heterocycles. The normalized spacial score (nSPS) is 9.08. The first-order chi connectivity index (χ1) is 5.42. The van der Waals surface area contributed by atoms with Crippen LogP contribution in [0.1, 0.15) is 13.8 Å². The van der Waals surface area contributed by atoms with Crippen molar-refractivity contribution in [2.24, 2.45) is 0 Å². The molecule has 0 amide bonds. The van der Waals surface area contributed by atoms with Gasteiger partial charge >= 0.3 is 22.4 Å². The second-order valence-corrected chi connectivity index (χ2v) is 1.93. The molecule has 0 spiro atoms. The maximum Gasteiger partial charge on any atom is 1.00 e. The first kappa shape index (κ1) is 23.2. The molecular weight excluding hydrogens is 272 g/mol. The molecule has 0 saturated carbocycles. The van der Waals surface area contributed by atoms with E-state index >= 15 is 0 Å². The van der Waals surface area contributed by atoms with E-state index < -0.39 is 12.1 Å². The summed E-state index contributed by atoms with van der Waals surface area (Å²) >= 11 is 0. The van der Waals surface area contributed by atoms with E-state index in [2.05, 4.69) is 4.74 Å². The minimum absolute atomic E-state index is 0. The van der Waals surface area contributed by atoms with E-state index in [0.717, 1.165) is 6.92 Å². The van der Waals surface area contributed by atoms with Gasteiger partial charge in [0.15, 0.2) is 0 Å². The van der Waals surface area contributed by atoms with Crippen LogP contribution in [0.3, 0.4) is 0 Å². The van der Waals surface area contributed by atoms with Crippen LogP contribution in [-0.4, -0.2) is 43.1 Å². The molecular formula is C7H17AgO5. The van der Waals surface area contributed by atoms with Crippen molar-refractivity contribution < 1.29 is 47.2 Å². The Labute approximate surface area is 94.2 Å². The molecule has 0 fully saturated rings. The summed E-state index contributed by atoms with van der Waals surface area (Å²) in [4.78, 5) is 8.89. The summed E-state index contributed by atoms with van der Waals surface area (Å²) in [6.07, 6.45) is -0.560. The van der Waals surface area contributed by atoms with E-state index in [1.54, 1.807) is 14.2 Å². The molecule has 0 saturated heterocycles. The van der Waals surface area contributed by atoms with Crippen molar-refractivity contribution in [2.75, 3.05) is 20.8 Å². The minimum atomic E-state index is -1.08. The Hall–Kier alpha value is 0.0903. The maximum atomic E-state index is 8.89. The number of carbonyl (C=O) groups excluding carboxylic acids is 1. The van der Waals surface area contributed by atoms with Gasteiger partial charge in [-0.2, -0.15) is 0 Å². The number of methoxy groups -OCH3 is 1. The Bertz CT molecular complexity index is 83.0. The van der Waals surface area contributed by atoms with Crippen LogP contribution in [-0.2, 0) is 31.9 Å². The van der Waals surface area contributed by atoms with Crippen LogP contribution in [0.2, 0.25) is 0 Å².